The fourth-order valence-electron chi connectivity index (χ4n) is 6.58. The minimum absolute atomic E-state index is 0.0977. The number of fused-ring (bicyclic) bond motifs is 1. The van der Waals surface area contributed by atoms with E-state index in [1.54, 1.807) is 37.8 Å². The van der Waals surface area contributed by atoms with Gasteiger partial charge in [0.05, 0.1) is 35.2 Å². The molecule has 0 fully saturated rings. The molecule has 1 unspecified atom stereocenters. The van der Waals surface area contributed by atoms with Gasteiger partial charge in [-0.1, -0.05) is 67.1 Å². The number of unbranched alkanes of at least 4 members (excludes halogenated alkanes) is 2. The molecule has 0 radical (unpaired) electrons. The van der Waals surface area contributed by atoms with Crippen molar-refractivity contribution in [3.8, 4) is 17.5 Å². The molecule has 6 rings (SSSR count). The normalized spacial score (nSPS) is 14.1. The second-order valence-electron chi connectivity index (χ2n) is 12.3. The van der Waals surface area contributed by atoms with Gasteiger partial charge in [0.25, 0.3) is 0 Å². The zero-order chi connectivity index (χ0) is 35.6. The van der Waals surface area contributed by atoms with Crippen molar-refractivity contribution in [3.63, 3.8) is 0 Å². The lowest BCUT2D eigenvalue weighted by Crippen LogP contribution is -2.34. The van der Waals surface area contributed by atoms with Crippen LogP contribution in [0.25, 0.3) is 22.4 Å². The van der Waals surface area contributed by atoms with E-state index in [1.807, 2.05) is 56.3 Å². The molecule has 0 aliphatic carbocycles. The van der Waals surface area contributed by atoms with E-state index in [-0.39, 0.29) is 13.2 Å². The van der Waals surface area contributed by atoms with Crippen molar-refractivity contribution in [1.29, 1.82) is 0 Å². The highest BCUT2D eigenvalue weighted by Gasteiger charge is 2.38. The molecule has 4 heterocycles. The summed E-state index contributed by atoms with van der Waals surface area (Å²) in [7, 11) is 0. The summed E-state index contributed by atoms with van der Waals surface area (Å²) in [4.78, 5) is 40.6. The number of nitrogens with zero attached hydrogens (tertiary/aromatic N) is 4. The van der Waals surface area contributed by atoms with E-state index in [0.29, 0.717) is 29.0 Å². The minimum Gasteiger partial charge on any atom is -0.463 e. The molecule has 1 N–H and O–H groups in total. The molecule has 0 saturated carbocycles. The van der Waals surface area contributed by atoms with Crippen LogP contribution in [0.5, 0.6) is 0 Å². The number of dihydropyridines is 1. The Kier molecular flexibility index (Phi) is 11.3. The fourth-order valence-corrected chi connectivity index (χ4v) is 6.58. The van der Waals surface area contributed by atoms with Crippen LogP contribution in [-0.4, -0.2) is 44.7 Å². The first-order valence-electron chi connectivity index (χ1n) is 17.3. The predicted molar refractivity (Wildman–Crippen MR) is 197 cm³/mol. The Morgan fingerprint density at radius 3 is 2.39 bits per heavy atom. The SMILES string of the molecule is CCOC(=O)C1=C(c2ccc(-n3c(C)nc4cnccc43)cc2)NC(C)=C(C(=O)OCC#Cc2cccnc2)C1CCCCCc1ccccc1. The van der Waals surface area contributed by atoms with E-state index < -0.39 is 17.9 Å². The van der Waals surface area contributed by atoms with E-state index in [9.17, 15) is 9.59 Å². The number of allylic oxidation sites excluding steroid dienone is 1. The van der Waals surface area contributed by atoms with Gasteiger partial charge < -0.3 is 14.8 Å². The monoisotopic (exact) mass is 679 g/mol. The zero-order valence-electron chi connectivity index (χ0n) is 29.2. The van der Waals surface area contributed by atoms with E-state index in [4.69, 9.17) is 9.47 Å². The highest BCUT2D eigenvalue weighted by atomic mass is 16.5. The molecule has 5 aromatic rings. The maximum atomic E-state index is 13.9. The lowest BCUT2D eigenvalue weighted by Gasteiger charge is -2.31. The molecule has 3 aromatic heterocycles. The Hall–Kier alpha value is -6.01. The molecule has 258 valence electrons. The second-order valence-corrected chi connectivity index (χ2v) is 12.3. The van der Waals surface area contributed by atoms with Crippen LogP contribution in [0.3, 0.4) is 0 Å². The number of carbonyl (C=O) groups is 2. The number of aromatic nitrogens is 4. The van der Waals surface area contributed by atoms with Crippen LogP contribution in [-0.2, 0) is 25.5 Å². The Morgan fingerprint density at radius 2 is 1.63 bits per heavy atom. The maximum absolute atomic E-state index is 13.9. The number of hydrogen-bond acceptors (Lipinski definition) is 8. The first-order valence-corrected chi connectivity index (χ1v) is 17.3. The first kappa shape index (κ1) is 34.8. The number of ether oxygens (including phenoxy) is 2. The number of esters is 2. The maximum Gasteiger partial charge on any atom is 0.337 e. The van der Waals surface area contributed by atoms with Gasteiger partial charge in [-0.25, -0.2) is 14.6 Å². The Balaban J connectivity index is 1.30. The summed E-state index contributed by atoms with van der Waals surface area (Å²) in [5, 5.41) is 3.40. The standard InChI is InChI=1S/C42H41N5O4/c1-4-50-42(49)39-35(18-10-6-9-15-31-13-7-5-8-14-31)38(41(48)51-26-12-17-32-16-11-24-43-27-32)29(2)45-40(39)33-19-21-34(22-20-33)47-30(3)46-36-28-44-25-23-37(36)47/h5,7-8,11,13-14,16,19-25,27-28,35,45H,4,6,9-10,15,18,26H2,1-3H3. The third-order valence-corrected chi connectivity index (χ3v) is 8.91. The van der Waals surface area contributed by atoms with Crippen LogP contribution >= 0.6 is 0 Å². The van der Waals surface area contributed by atoms with E-state index in [1.165, 1.54) is 5.56 Å². The van der Waals surface area contributed by atoms with Crippen LogP contribution in [0.15, 0.2) is 114 Å². The van der Waals surface area contributed by atoms with E-state index in [2.05, 4.69) is 60.9 Å². The molecule has 1 aliphatic heterocycles. The predicted octanol–water partition coefficient (Wildman–Crippen LogP) is 7.29. The molecule has 0 spiro atoms. The van der Waals surface area contributed by atoms with Gasteiger partial charge in [0, 0.05) is 41.5 Å². The van der Waals surface area contributed by atoms with Crippen molar-refractivity contribution in [2.45, 2.75) is 52.9 Å². The number of pyridine rings is 2. The van der Waals surface area contributed by atoms with Crippen LogP contribution in [0.4, 0.5) is 0 Å². The number of carbonyl (C=O) groups excluding carboxylic acids is 2. The van der Waals surface area contributed by atoms with Gasteiger partial charge >= 0.3 is 11.9 Å². The molecular formula is C42H41N5O4. The summed E-state index contributed by atoms with van der Waals surface area (Å²) in [6.45, 7) is 5.70. The fraction of sp³-hybridized carbons (Fsp3) is 0.262. The Labute approximate surface area is 298 Å². The molecule has 0 amide bonds. The summed E-state index contributed by atoms with van der Waals surface area (Å²) in [6, 6.07) is 23.9. The van der Waals surface area contributed by atoms with Crippen LogP contribution in [0.1, 0.15) is 62.0 Å². The lowest BCUT2D eigenvalue weighted by molar-refractivity contribution is -0.139. The Bertz CT molecular complexity index is 2120. The van der Waals surface area contributed by atoms with Gasteiger partial charge in [-0.15, -0.1) is 0 Å². The Morgan fingerprint density at radius 1 is 0.843 bits per heavy atom. The largest absolute Gasteiger partial charge is 0.463 e. The molecule has 0 bridgehead atoms. The molecule has 0 saturated heterocycles. The number of hydrogen-bond donors (Lipinski definition) is 1. The van der Waals surface area contributed by atoms with Crippen molar-refractivity contribution >= 4 is 28.7 Å². The third kappa shape index (κ3) is 8.25. The third-order valence-electron chi connectivity index (χ3n) is 8.91. The topological polar surface area (TPSA) is 108 Å². The number of nitrogens with one attached hydrogen (secondary N) is 1. The van der Waals surface area contributed by atoms with Gasteiger partial charge in [0.2, 0.25) is 0 Å². The summed E-state index contributed by atoms with van der Waals surface area (Å²) in [6.07, 6.45) is 11.1. The molecule has 1 aliphatic rings. The minimum atomic E-state index is -0.539. The van der Waals surface area contributed by atoms with Crippen molar-refractivity contribution in [2.75, 3.05) is 13.2 Å². The van der Waals surface area contributed by atoms with Crippen molar-refractivity contribution in [2.24, 2.45) is 5.92 Å². The van der Waals surface area contributed by atoms with Gasteiger partial charge in [-0.05, 0) is 81.5 Å². The number of benzene rings is 2. The summed E-state index contributed by atoms with van der Waals surface area (Å²) in [5.41, 5.74) is 7.61. The second kappa shape index (κ2) is 16.6. The average molecular weight is 680 g/mol. The molecule has 9 heteroatoms. The van der Waals surface area contributed by atoms with Gasteiger partial charge in [0.15, 0.2) is 6.61 Å². The summed E-state index contributed by atoms with van der Waals surface area (Å²) < 4.78 is 13.4. The smallest absolute Gasteiger partial charge is 0.337 e. The number of aryl methyl sites for hydroxylation is 2. The molecule has 2 aromatic carbocycles. The van der Waals surface area contributed by atoms with Crippen LogP contribution < -0.4 is 5.32 Å². The van der Waals surface area contributed by atoms with Gasteiger partial charge in [0.1, 0.15) is 11.3 Å². The quantitative estimate of drug-likeness (QED) is 0.0833. The van der Waals surface area contributed by atoms with Gasteiger partial charge in [-0.3, -0.25) is 14.5 Å². The highest BCUT2D eigenvalue weighted by molar-refractivity contribution is 6.03. The van der Waals surface area contributed by atoms with E-state index >= 15 is 0 Å². The first-order chi connectivity index (χ1) is 24.9. The molecule has 9 nitrogen and oxygen atoms in total. The van der Waals surface area contributed by atoms with Crippen LogP contribution in [0.2, 0.25) is 0 Å². The molecule has 51 heavy (non-hydrogen) atoms. The van der Waals surface area contributed by atoms with Crippen molar-refractivity contribution < 1.29 is 19.1 Å². The average Bonchev–Trinajstić information content (AvgIpc) is 3.49. The molecular weight excluding hydrogens is 638 g/mol. The van der Waals surface area contributed by atoms with Crippen molar-refractivity contribution in [3.05, 3.63) is 137 Å². The summed E-state index contributed by atoms with van der Waals surface area (Å²) >= 11 is 0. The highest BCUT2D eigenvalue weighted by Crippen LogP contribution is 2.39. The number of imidazole rings is 1. The van der Waals surface area contributed by atoms with E-state index in [0.717, 1.165) is 59.4 Å². The van der Waals surface area contributed by atoms with Gasteiger partial charge in [-0.2, -0.15) is 0 Å². The number of rotatable bonds is 12. The summed E-state index contributed by atoms with van der Waals surface area (Å²) in [5.74, 6) is 5.21. The van der Waals surface area contributed by atoms with Crippen LogP contribution in [0, 0.1) is 24.7 Å². The van der Waals surface area contributed by atoms with Crippen molar-refractivity contribution in [1.82, 2.24) is 24.8 Å². The zero-order valence-corrected chi connectivity index (χ0v) is 29.2. The molecule has 1 atom stereocenters. The lowest BCUT2D eigenvalue weighted by atomic mass is 9.80.